The van der Waals surface area contributed by atoms with E-state index >= 15 is 0 Å². The molecule has 1 unspecified atom stereocenters. The van der Waals surface area contributed by atoms with Crippen LogP contribution in [0.15, 0.2) is 182 Å². The number of rotatable bonds is 50. The summed E-state index contributed by atoms with van der Waals surface area (Å²) >= 11 is 0. The van der Waals surface area contributed by atoms with E-state index in [1.807, 2.05) is 0 Å². The fourth-order valence-electron chi connectivity index (χ4n) is 7.11. The van der Waals surface area contributed by atoms with Crippen molar-refractivity contribution < 1.29 is 28.6 Å². The Labute approximate surface area is 459 Å². The van der Waals surface area contributed by atoms with Crippen LogP contribution in [0.4, 0.5) is 0 Å². The lowest BCUT2D eigenvalue weighted by atomic mass is 10.1. The minimum atomic E-state index is -0.834. The first kappa shape index (κ1) is 69.5. The fraction of sp³-hybridized carbons (Fsp3) is 0.522. The molecule has 0 aromatic carbocycles. The van der Waals surface area contributed by atoms with Crippen LogP contribution < -0.4 is 0 Å². The molecule has 1 atom stereocenters. The highest BCUT2D eigenvalue weighted by atomic mass is 16.6. The van der Waals surface area contributed by atoms with Gasteiger partial charge in [0, 0.05) is 19.3 Å². The number of ether oxygens (including phenoxy) is 3. The van der Waals surface area contributed by atoms with E-state index in [1.54, 1.807) is 0 Å². The molecule has 0 aromatic heterocycles. The molecule has 0 saturated heterocycles. The Morgan fingerprint density at radius 2 is 0.480 bits per heavy atom. The highest BCUT2D eigenvalue weighted by molar-refractivity contribution is 5.71. The van der Waals surface area contributed by atoms with E-state index in [2.05, 4.69) is 203 Å². The van der Waals surface area contributed by atoms with Gasteiger partial charge in [0.1, 0.15) is 13.2 Å². The Hall–Kier alpha value is -5.49. The molecule has 0 aliphatic carbocycles. The second-order valence-corrected chi connectivity index (χ2v) is 18.4. The quantitative estimate of drug-likeness (QED) is 0.0261. The summed E-state index contributed by atoms with van der Waals surface area (Å²) in [7, 11) is 0. The summed E-state index contributed by atoms with van der Waals surface area (Å²) in [4.78, 5) is 38.2. The zero-order chi connectivity index (χ0) is 54.3. The Kier molecular flexibility index (Phi) is 56.6. The van der Waals surface area contributed by atoms with Gasteiger partial charge in [-0.25, -0.2) is 0 Å². The molecule has 0 heterocycles. The monoisotopic (exact) mass is 1030 g/mol. The molecule has 6 heteroatoms. The zero-order valence-corrected chi connectivity index (χ0v) is 47.5. The first-order valence-electron chi connectivity index (χ1n) is 29.3. The smallest absolute Gasteiger partial charge is 0.306 e. The third-order valence-corrected chi connectivity index (χ3v) is 11.4. The van der Waals surface area contributed by atoms with Gasteiger partial charge in [0.25, 0.3) is 0 Å². The van der Waals surface area contributed by atoms with E-state index in [0.29, 0.717) is 12.8 Å². The summed E-state index contributed by atoms with van der Waals surface area (Å²) < 4.78 is 16.8. The number of hydrogen-bond donors (Lipinski definition) is 0. The van der Waals surface area contributed by atoms with E-state index in [1.165, 1.54) is 0 Å². The average molecular weight is 1030 g/mol. The topological polar surface area (TPSA) is 78.9 Å². The van der Waals surface area contributed by atoms with E-state index in [0.717, 1.165) is 167 Å². The van der Waals surface area contributed by atoms with Gasteiger partial charge in [0.2, 0.25) is 0 Å². The Morgan fingerprint density at radius 1 is 0.267 bits per heavy atom. The van der Waals surface area contributed by atoms with Gasteiger partial charge in [-0.15, -0.1) is 0 Å². The maximum Gasteiger partial charge on any atom is 0.306 e. The van der Waals surface area contributed by atoms with Crippen molar-refractivity contribution >= 4 is 17.9 Å². The maximum absolute atomic E-state index is 12.9. The van der Waals surface area contributed by atoms with Crippen LogP contribution in [0.25, 0.3) is 0 Å². The Morgan fingerprint density at radius 3 is 0.773 bits per heavy atom. The van der Waals surface area contributed by atoms with Gasteiger partial charge in [-0.1, -0.05) is 222 Å². The van der Waals surface area contributed by atoms with Crippen LogP contribution in [0.1, 0.15) is 213 Å². The van der Waals surface area contributed by atoms with Gasteiger partial charge in [-0.05, 0) is 154 Å². The molecule has 0 amide bonds. The predicted octanol–water partition coefficient (Wildman–Crippen LogP) is 20.1. The molecule has 416 valence electrons. The molecule has 0 bridgehead atoms. The normalized spacial score (nSPS) is 13.5. The summed E-state index contributed by atoms with van der Waals surface area (Å²) in [5.41, 5.74) is 0. The molecule has 6 nitrogen and oxygen atoms in total. The molecule has 0 saturated carbocycles. The molecule has 0 N–H and O–H groups in total. The molecule has 0 fully saturated rings. The summed E-state index contributed by atoms with van der Waals surface area (Å²) in [6, 6.07) is 0. The van der Waals surface area contributed by atoms with Gasteiger partial charge in [-0.3, -0.25) is 14.4 Å². The molecule has 0 aromatic rings. The minimum Gasteiger partial charge on any atom is -0.462 e. The first-order valence-corrected chi connectivity index (χ1v) is 29.3. The number of allylic oxidation sites excluding steroid dienone is 30. The average Bonchev–Trinajstić information content (AvgIpc) is 3.41. The van der Waals surface area contributed by atoms with Crippen molar-refractivity contribution in [3.63, 3.8) is 0 Å². The predicted molar refractivity (Wildman–Crippen MR) is 324 cm³/mol. The van der Waals surface area contributed by atoms with Crippen LogP contribution >= 0.6 is 0 Å². The summed E-state index contributed by atoms with van der Waals surface area (Å²) in [6.07, 6.45) is 91.7. The number of carbonyl (C=O) groups is 3. The second kappa shape index (κ2) is 61.1. The summed E-state index contributed by atoms with van der Waals surface area (Å²) in [5.74, 6) is -1.04. The van der Waals surface area contributed by atoms with Crippen LogP contribution in [0, 0.1) is 0 Å². The van der Waals surface area contributed by atoms with Crippen molar-refractivity contribution in [3.05, 3.63) is 182 Å². The molecular weight excluding hydrogens is 925 g/mol. The molecule has 0 rings (SSSR count). The molecule has 0 radical (unpaired) electrons. The van der Waals surface area contributed by atoms with Crippen LogP contribution in [0.3, 0.4) is 0 Å². The van der Waals surface area contributed by atoms with Crippen molar-refractivity contribution in [2.24, 2.45) is 0 Å². The molecule has 75 heavy (non-hydrogen) atoms. The number of hydrogen-bond acceptors (Lipinski definition) is 6. The zero-order valence-electron chi connectivity index (χ0n) is 47.5. The van der Waals surface area contributed by atoms with Crippen molar-refractivity contribution in [2.75, 3.05) is 13.2 Å². The van der Waals surface area contributed by atoms with E-state index < -0.39 is 6.10 Å². The Bertz CT molecular complexity index is 1800. The van der Waals surface area contributed by atoms with E-state index in [4.69, 9.17) is 14.2 Å². The first-order chi connectivity index (χ1) is 37.0. The van der Waals surface area contributed by atoms with Gasteiger partial charge in [-0.2, -0.15) is 0 Å². The lowest BCUT2D eigenvalue weighted by molar-refractivity contribution is -0.167. The fourth-order valence-corrected chi connectivity index (χ4v) is 7.11. The van der Waals surface area contributed by atoms with Crippen molar-refractivity contribution in [1.82, 2.24) is 0 Å². The summed E-state index contributed by atoms with van der Waals surface area (Å²) in [5, 5.41) is 0. The highest BCUT2D eigenvalue weighted by Crippen LogP contribution is 2.11. The number of unbranched alkanes of at least 4 members (excludes halogenated alkanes) is 9. The van der Waals surface area contributed by atoms with Gasteiger partial charge < -0.3 is 14.2 Å². The van der Waals surface area contributed by atoms with Crippen molar-refractivity contribution in [3.8, 4) is 0 Å². The lowest BCUT2D eigenvalue weighted by Gasteiger charge is -2.18. The lowest BCUT2D eigenvalue weighted by Crippen LogP contribution is -2.30. The van der Waals surface area contributed by atoms with Gasteiger partial charge >= 0.3 is 17.9 Å². The summed E-state index contributed by atoms with van der Waals surface area (Å²) in [6.45, 7) is 6.19. The van der Waals surface area contributed by atoms with Crippen LogP contribution in [0.5, 0.6) is 0 Å². The molecule has 0 aliphatic heterocycles. The number of carbonyl (C=O) groups excluding carboxylic acids is 3. The third-order valence-electron chi connectivity index (χ3n) is 11.4. The second-order valence-electron chi connectivity index (χ2n) is 18.4. The molecule has 0 aliphatic rings. The van der Waals surface area contributed by atoms with Crippen LogP contribution in [-0.4, -0.2) is 37.2 Å². The SMILES string of the molecule is CC/C=C\C/C=C\C/C=C\C/C=C\C/C=C\C/C=C\C/C=C\CCCCCC(=O)OCC(COC(=O)CCCC/C=C\C/C=C\C/C=C\C/C=C\CC)OC(=O)CCCCCC/C=C\C/C=C\C/C=C\C/C=C\CC. The number of esters is 3. The van der Waals surface area contributed by atoms with E-state index in [-0.39, 0.29) is 44.0 Å². The van der Waals surface area contributed by atoms with Gasteiger partial charge in [0.05, 0.1) is 0 Å². The standard InChI is InChI=1S/C69H104O6/c1-4-7-10-13-16-19-22-25-28-30-31-32-33-34-35-36-37-39-41-44-47-50-53-56-59-62-68(71)74-65-66(64-73-67(70)61-58-55-52-49-46-43-40-27-24-21-18-15-12-9-6-3)75-69(72)63-60-57-54-51-48-45-42-38-29-26-23-20-17-14-11-8-5-2/h7-12,16-21,25-29,31-32,34-35,37,39-40,42,44-47,49,66H,4-6,13-15,22-24,30,33,36,38,41,43,48,50-65H2,1-3H3/b10-7-,11-8-,12-9-,19-16-,20-17-,21-18-,28-25-,29-26-,32-31-,35-34-,39-37-,40-27-,45-42-,47-44-,49-46-. The largest absolute Gasteiger partial charge is 0.462 e. The molecule has 0 spiro atoms. The maximum atomic E-state index is 12.9. The van der Waals surface area contributed by atoms with Crippen LogP contribution in [0.2, 0.25) is 0 Å². The Balaban J connectivity index is 4.56. The minimum absolute atomic E-state index is 0.129. The third kappa shape index (κ3) is 59.3. The molecular formula is C69H104O6. The van der Waals surface area contributed by atoms with Crippen LogP contribution in [-0.2, 0) is 28.6 Å². The highest BCUT2D eigenvalue weighted by Gasteiger charge is 2.19. The van der Waals surface area contributed by atoms with Gasteiger partial charge in [0.15, 0.2) is 6.10 Å². The van der Waals surface area contributed by atoms with Crippen molar-refractivity contribution in [1.29, 1.82) is 0 Å². The van der Waals surface area contributed by atoms with E-state index in [9.17, 15) is 14.4 Å². The van der Waals surface area contributed by atoms with Crippen molar-refractivity contribution in [2.45, 2.75) is 219 Å².